The number of rotatable bonds is 7. The molecule has 2 aliphatic rings. The Hall–Kier alpha value is -1.42. The molecule has 4 rings (SSSR count). The lowest BCUT2D eigenvalue weighted by atomic mass is 9.93. The van der Waals surface area contributed by atoms with Gasteiger partial charge in [-0.15, -0.1) is 0 Å². The van der Waals surface area contributed by atoms with Crippen LogP contribution in [0.1, 0.15) is 53.2 Å². The molecule has 4 N–H and O–H groups in total. The average molecular weight is 441 g/mol. The first-order valence-corrected chi connectivity index (χ1v) is 12.2. The van der Waals surface area contributed by atoms with Crippen LogP contribution in [0.15, 0.2) is 17.4 Å². The molecule has 0 aromatic carbocycles. The van der Waals surface area contributed by atoms with Crippen LogP contribution in [0.25, 0.3) is 11.2 Å². The number of aromatic nitrogens is 4. The molecule has 0 spiro atoms. The standard InChI is InChI=1S/C19H29N4O6P/c1-5-12-10(3)30(12,27)29-19(4,6-2)7-11-14(24)15(25)18(28-11)23-9-22-13-16(23)20-8-21-17(13)26/h8-12,14-15,18,24-25,27H,5-7H2,1-4H3/p+1/t10?,11-,12?,14-,15-,18+,19+,30?/m1/s1. The van der Waals surface area contributed by atoms with Crippen molar-refractivity contribution >= 4 is 18.9 Å². The molecule has 3 unspecified atom stereocenters. The van der Waals surface area contributed by atoms with E-state index in [0.717, 1.165) is 6.42 Å². The van der Waals surface area contributed by atoms with E-state index in [1.165, 1.54) is 17.2 Å². The van der Waals surface area contributed by atoms with E-state index in [-0.39, 0.29) is 22.5 Å². The fourth-order valence-electron chi connectivity index (χ4n) is 4.48. The first-order valence-electron chi connectivity index (χ1n) is 10.4. The third kappa shape index (κ3) is 3.39. The summed E-state index contributed by atoms with van der Waals surface area (Å²) in [5.41, 5.74) is -0.346. The largest absolute Gasteiger partial charge is 0.388 e. The summed E-state index contributed by atoms with van der Waals surface area (Å²) in [6.45, 7) is 7.94. The van der Waals surface area contributed by atoms with Gasteiger partial charge in [-0.1, -0.05) is 13.8 Å². The Labute approximate surface area is 174 Å². The summed E-state index contributed by atoms with van der Waals surface area (Å²) in [5.74, 6) is 0. The van der Waals surface area contributed by atoms with Crippen LogP contribution in [0.2, 0.25) is 0 Å². The third-order valence-corrected chi connectivity index (χ3v) is 10.3. The van der Waals surface area contributed by atoms with Crippen LogP contribution < -0.4 is 5.56 Å². The number of hydrogen-bond donors (Lipinski definition) is 4. The third-order valence-electron chi connectivity index (χ3n) is 6.67. The molecule has 0 radical (unpaired) electrons. The van der Waals surface area contributed by atoms with Crippen molar-refractivity contribution in [2.45, 2.75) is 88.4 Å². The average Bonchev–Trinajstić information content (AvgIpc) is 3.01. The van der Waals surface area contributed by atoms with Crippen molar-refractivity contribution in [3.63, 3.8) is 0 Å². The Balaban J connectivity index is 1.54. The predicted octanol–water partition coefficient (Wildman–Crippen LogP) is 1.33. The Bertz CT molecular complexity index is 983. The highest BCUT2D eigenvalue weighted by atomic mass is 31.2. The molecular weight excluding hydrogens is 411 g/mol. The summed E-state index contributed by atoms with van der Waals surface area (Å²) >= 11 is 0. The SMILES string of the molecule is CCC1C(C)[P+]1(O)O[C@@](C)(CC)C[C@H]1O[C@H](n2cnc3c(=O)[nH]cnc32)[C@H](O)[C@@H]1O. The molecule has 10 nitrogen and oxygen atoms in total. The smallest absolute Gasteiger partial charge is 0.285 e. The summed E-state index contributed by atoms with van der Waals surface area (Å²) in [5, 5.41) is 21.3. The summed E-state index contributed by atoms with van der Waals surface area (Å²) < 4.78 is 13.7. The number of fused-ring (bicyclic) bond motifs is 1. The van der Waals surface area contributed by atoms with Gasteiger partial charge in [0, 0.05) is 6.42 Å². The van der Waals surface area contributed by atoms with Crippen LogP contribution in [-0.4, -0.2) is 69.9 Å². The van der Waals surface area contributed by atoms with E-state index in [9.17, 15) is 19.9 Å². The topological polar surface area (TPSA) is 143 Å². The maximum absolute atomic E-state index is 11.9. The minimum Gasteiger partial charge on any atom is -0.388 e. The van der Waals surface area contributed by atoms with Crippen molar-refractivity contribution in [2.75, 3.05) is 0 Å². The molecule has 4 heterocycles. The van der Waals surface area contributed by atoms with E-state index in [1.807, 2.05) is 27.7 Å². The number of aliphatic hydroxyl groups excluding tert-OH is 2. The number of hydrogen-bond acceptors (Lipinski definition) is 8. The summed E-state index contributed by atoms with van der Waals surface area (Å²) in [6.07, 6.45) is 0.396. The van der Waals surface area contributed by atoms with Gasteiger partial charge < -0.3 is 19.9 Å². The van der Waals surface area contributed by atoms with E-state index < -0.39 is 43.4 Å². The van der Waals surface area contributed by atoms with Crippen LogP contribution in [0.3, 0.4) is 0 Å². The second-order valence-electron chi connectivity index (χ2n) is 8.59. The first kappa shape index (κ1) is 21.8. The number of aromatic amines is 1. The van der Waals surface area contributed by atoms with Crippen LogP contribution in [0.4, 0.5) is 0 Å². The molecule has 30 heavy (non-hydrogen) atoms. The molecule has 2 saturated heterocycles. The van der Waals surface area contributed by atoms with Crippen LogP contribution in [0.5, 0.6) is 0 Å². The fraction of sp³-hybridized carbons (Fsp3) is 0.737. The second kappa shape index (κ2) is 7.62. The Morgan fingerprint density at radius 1 is 1.33 bits per heavy atom. The van der Waals surface area contributed by atoms with Crippen LogP contribution in [-0.2, 0) is 9.26 Å². The van der Waals surface area contributed by atoms with Crippen molar-refractivity contribution in [1.82, 2.24) is 19.5 Å². The van der Waals surface area contributed by atoms with Crippen LogP contribution >= 0.6 is 7.72 Å². The highest BCUT2D eigenvalue weighted by Gasteiger charge is 2.75. The van der Waals surface area contributed by atoms with Gasteiger partial charge in [0.25, 0.3) is 13.3 Å². The van der Waals surface area contributed by atoms with Crippen molar-refractivity contribution in [1.29, 1.82) is 0 Å². The molecule has 0 saturated carbocycles. The van der Waals surface area contributed by atoms with Gasteiger partial charge in [0.2, 0.25) is 0 Å². The summed E-state index contributed by atoms with van der Waals surface area (Å²) in [4.78, 5) is 33.5. The van der Waals surface area contributed by atoms with Gasteiger partial charge in [-0.3, -0.25) is 9.36 Å². The molecule has 0 bridgehead atoms. The van der Waals surface area contributed by atoms with Gasteiger partial charge in [0.05, 0.1) is 18.8 Å². The molecule has 11 heteroatoms. The molecule has 2 fully saturated rings. The lowest BCUT2D eigenvalue weighted by Gasteiger charge is -2.30. The van der Waals surface area contributed by atoms with E-state index >= 15 is 0 Å². The Morgan fingerprint density at radius 2 is 2.07 bits per heavy atom. The monoisotopic (exact) mass is 441 g/mol. The molecule has 166 valence electrons. The Kier molecular flexibility index (Phi) is 5.53. The quantitative estimate of drug-likeness (QED) is 0.472. The first-order chi connectivity index (χ1) is 14.1. The number of imidazole rings is 1. The van der Waals surface area contributed by atoms with Gasteiger partial charge in [-0.2, -0.15) is 4.52 Å². The molecule has 0 aliphatic carbocycles. The van der Waals surface area contributed by atoms with Gasteiger partial charge in [0.1, 0.15) is 17.8 Å². The summed E-state index contributed by atoms with van der Waals surface area (Å²) in [7, 11) is -2.46. The van der Waals surface area contributed by atoms with Crippen LogP contribution in [0, 0.1) is 0 Å². The highest BCUT2D eigenvalue weighted by molar-refractivity contribution is 7.74. The molecule has 2 aliphatic heterocycles. The highest BCUT2D eigenvalue weighted by Crippen LogP contribution is 2.84. The van der Waals surface area contributed by atoms with E-state index in [2.05, 4.69) is 15.0 Å². The predicted molar refractivity (Wildman–Crippen MR) is 111 cm³/mol. The maximum Gasteiger partial charge on any atom is 0.285 e. The van der Waals surface area contributed by atoms with Gasteiger partial charge in [-0.05, 0) is 26.7 Å². The minimum atomic E-state index is -2.46. The molecule has 2 aromatic heterocycles. The minimum absolute atomic E-state index is 0.133. The van der Waals surface area contributed by atoms with Gasteiger partial charge in [-0.25, -0.2) is 14.9 Å². The van der Waals surface area contributed by atoms with Crippen molar-refractivity contribution in [3.05, 3.63) is 23.0 Å². The number of nitrogens with one attached hydrogen (secondary N) is 1. The lowest BCUT2D eigenvalue weighted by molar-refractivity contribution is -0.0634. The molecule has 2 aromatic rings. The lowest BCUT2D eigenvalue weighted by Crippen LogP contribution is -2.38. The van der Waals surface area contributed by atoms with Crippen molar-refractivity contribution < 1.29 is 24.4 Å². The zero-order chi connectivity index (χ0) is 21.8. The number of nitrogens with zero attached hydrogens (tertiary/aromatic N) is 3. The molecule has 8 atom stereocenters. The number of ether oxygens (including phenoxy) is 1. The zero-order valence-corrected chi connectivity index (χ0v) is 18.5. The van der Waals surface area contributed by atoms with E-state index in [4.69, 9.17) is 9.26 Å². The van der Waals surface area contributed by atoms with E-state index in [1.54, 1.807) is 0 Å². The zero-order valence-electron chi connectivity index (χ0n) is 17.6. The summed E-state index contributed by atoms with van der Waals surface area (Å²) in [6, 6.07) is 0. The molecular formula is C19H30N4O6P+. The Morgan fingerprint density at radius 3 is 2.70 bits per heavy atom. The number of H-pyrrole nitrogens is 1. The fourth-order valence-corrected chi connectivity index (χ4v) is 7.82. The van der Waals surface area contributed by atoms with E-state index in [0.29, 0.717) is 12.8 Å². The van der Waals surface area contributed by atoms with Gasteiger partial charge >= 0.3 is 0 Å². The van der Waals surface area contributed by atoms with Crippen molar-refractivity contribution in [3.8, 4) is 0 Å². The van der Waals surface area contributed by atoms with Crippen molar-refractivity contribution in [2.24, 2.45) is 0 Å². The molecule has 0 amide bonds. The van der Waals surface area contributed by atoms with Gasteiger partial charge in [0.15, 0.2) is 28.7 Å². The normalized spacial score (nSPS) is 38.1. The second-order valence-corrected chi connectivity index (χ2v) is 11.6. The number of aliphatic hydroxyl groups is 2. The maximum atomic E-state index is 11.9.